The lowest BCUT2D eigenvalue weighted by Gasteiger charge is -2.05. The van der Waals surface area contributed by atoms with Gasteiger partial charge >= 0.3 is 0 Å². The van der Waals surface area contributed by atoms with Crippen LogP contribution in [0.5, 0.6) is 0 Å². The van der Waals surface area contributed by atoms with E-state index in [0.717, 1.165) is 5.56 Å². The summed E-state index contributed by atoms with van der Waals surface area (Å²) in [5, 5.41) is 0.693. The van der Waals surface area contributed by atoms with Gasteiger partial charge in [-0.15, -0.1) is 0 Å². The molecule has 2 rings (SSSR count). The Morgan fingerprint density at radius 2 is 2.00 bits per heavy atom. The Morgan fingerprint density at radius 3 is 2.69 bits per heavy atom. The molecule has 1 aromatic heterocycles. The first-order valence-corrected chi connectivity index (χ1v) is 5.30. The van der Waals surface area contributed by atoms with Crippen LogP contribution in [0.1, 0.15) is 11.1 Å². The van der Waals surface area contributed by atoms with E-state index in [1.54, 1.807) is 24.0 Å². The molecule has 4 heteroatoms. The third-order valence-corrected chi connectivity index (χ3v) is 2.59. The van der Waals surface area contributed by atoms with E-state index in [0.29, 0.717) is 17.1 Å². The van der Waals surface area contributed by atoms with Crippen molar-refractivity contribution in [3.8, 4) is 0 Å². The molecular formula is C12H11ClN2O. The molecule has 0 aliphatic rings. The summed E-state index contributed by atoms with van der Waals surface area (Å²) in [7, 11) is 0. The first-order chi connectivity index (χ1) is 7.66. The van der Waals surface area contributed by atoms with Crippen molar-refractivity contribution in [2.45, 2.75) is 13.5 Å². The molecule has 0 unspecified atom stereocenters. The number of hydrogen-bond acceptors (Lipinski definition) is 2. The molecule has 82 valence electrons. The van der Waals surface area contributed by atoms with Crippen molar-refractivity contribution in [1.29, 1.82) is 0 Å². The topological polar surface area (TPSA) is 34.9 Å². The Balaban J connectivity index is 2.31. The molecule has 3 nitrogen and oxygen atoms in total. The quantitative estimate of drug-likeness (QED) is 0.799. The molecule has 0 radical (unpaired) electrons. The van der Waals surface area contributed by atoms with Gasteiger partial charge < -0.3 is 0 Å². The molecule has 0 atom stereocenters. The van der Waals surface area contributed by atoms with Crippen LogP contribution in [0, 0.1) is 6.92 Å². The lowest BCUT2D eigenvalue weighted by atomic mass is 10.2. The maximum absolute atomic E-state index is 11.7. The van der Waals surface area contributed by atoms with Gasteiger partial charge in [0.1, 0.15) is 0 Å². The average Bonchev–Trinajstić information content (AvgIpc) is 2.28. The molecule has 0 saturated heterocycles. The SMILES string of the molecule is Cc1cncn(Cc2ccc(Cl)cc2)c1=O. The zero-order valence-electron chi connectivity index (χ0n) is 8.85. The van der Waals surface area contributed by atoms with Gasteiger partial charge in [0, 0.05) is 16.8 Å². The molecule has 2 aromatic rings. The summed E-state index contributed by atoms with van der Waals surface area (Å²) in [5.41, 5.74) is 1.67. The zero-order chi connectivity index (χ0) is 11.5. The summed E-state index contributed by atoms with van der Waals surface area (Å²) in [5.74, 6) is 0. The van der Waals surface area contributed by atoms with Crippen molar-refractivity contribution in [1.82, 2.24) is 9.55 Å². The van der Waals surface area contributed by atoms with Crippen LogP contribution in [0.3, 0.4) is 0 Å². The average molecular weight is 235 g/mol. The minimum atomic E-state index is -0.00931. The fraction of sp³-hybridized carbons (Fsp3) is 0.167. The van der Waals surface area contributed by atoms with Gasteiger partial charge in [-0.1, -0.05) is 23.7 Å². The highest BCUT2D eigenvalue weighted by atomic mass is 35.5. The van der Waals surface area contributed by atoms with Gasteiger partial charge in [0.25, 0.3) is 5.56 Å². The van der Waals surface area contributed by atoms with Gasteiger partial charge in [0.2, 0.25) is 0 Å². The van der Waals surface area contributed by atoms with Crippen LogP contribution in [0.15, 0.2) is 41.6 Å². The van der Waals surface area contributed by atoms with E-state index < -0.39 is 0 Å². The van der Waals surface area contributed by atoms with Crippen LogP contribution in [-0.4, -0.2) is 9.55 Å². The Kier molecular flexibility index (Phi) is 3.06. The lowest BCUT2D eigenvalue weighted by Crippen LogP contribution is -2.22. The van der Waals surface area contributed by atoms with Gasteiger partial charge in [0.15, 0.2) is 0 Å². The fourth-order valence-electron chi connectivity index (χ4n) is 1.46. The van der Waals surface area contributed by atoms with Crippen molar-refractivity contribution in [2.75, 3.05) is 0 Å². The minimum absolute atomic E-state index is 0.00931. The number of halogens is 1. The van der Waals surface area contributed by atoms with E-state index in [2.05, 4.69) is 4.98 Å². The summed E-state index contributed by atoms with van der Waals surface area (Å²) >= 11 is 5.79. The summed E-state index contributed by atoms with van der Waals surface area (Å²) in [6, 6.07) is 7.42. The lowest BCUT2D eigenvalue weighted by molar-refractivity contribution is 0.728. The summed E-state index contributed by atoms with van der Waals surface area (Å²) in [6.07, 6.45) is 3.12. The molecule has 1 aromatic carbocycles. The number of aryl methyl sites for hydroxylation is 1. The van der Waals surface area contributed by atoms with E-state index >= 15 is 0 Å². The van der Waals surface area contributed by atoms with Crippen LogP contribution in [0.25, 0.3) is 0 Å². The van der Waals surface area contributed by atoms with Gasteiger partial charge in [-0.2, -0.15) is 0 Å². The molecule has 16 heavy (non-hydrogen) atoms. The second-order valence-corrected chi connectivity index (χ2v) is 4.07. The minimum Gasteiger partial charge on any atom is -0.295 e. The molecule has 0 amide bonds. The van der Waals surface area contributed by atoms with Gasteiger partial charge in [-0.25, -0.2) is 4.98 Å². The van der Waals surface area contributed by atoms with Crippen molar-refractivity contribution in [3.05, 3.63) is 63.3 Å². The van der Waals surface area contributed by atoms with Crippen LogP contribution >= 0.6 is 11.6 Å². The van der Waals surface area contributed by atoms with Gasteiger partial charge in [-0.05, 0) is 24.6 Å². The normalized spacial score (nSPS) is 10.4. The van der Waals surface area contributed by atoms with Crippen molar-refractivity contribution in [2.24, 2.45) is 0 Å². The second kappa shape index (κ2) is 4.49. The van der Waals surface area contributed by atoms with Crippen LogP contribution in [0.2, 0.25) is 5.02 Å². The van der Waals surface area contributed by atoms with E-state index in [1.165, 1.54) is 0 Å². The zero-order valence-corrected chi connectivity index (χ0v) is 9.61. The summed E-state index contributed by atoms with van der Waals surface area (Å²) < 4.78 is 1.58. The van der Waals surface area contributed by atoms with E-state index in [-0.39, 0.29) is 5.56 Å². The smallest absolute Gasteiger partial charge is 0.256 e. The van der Waals surface area contributed by atoms with Crippen molar-refractivity contribution in [3.63, 3.8) is 0 Å². The molecule has 0 fully saturated rings. The van der Waals surface area contributed by atoms with Crippen molar-refractivity contribution < 1.29 is 0 Å². The Hall–Kier alpha value is -1.61. The predicted molar refractivity (Wildman–Crippen MR) is 63.8 cm³/mol. The highest BCUT2D eigenvalue weighted by Crippen LogP contribution is 2.09. The van der Waals surface area contributed by atoms with E-state index in [9.17, 15) is 4.79 Å². The number of benzene rings is 1. The van der Waals surface area contributed by atoms with Gasteiger partial charge in [-0.3, -0.25) is 9.36 Å². The second-order valence-electron chi connectivity index (χ2n) is 3.64. The molecule has 0 aliphatic carbocycles. The largest absolute Gasteiger partial charge is 0.295 e. The van der Waals surface area contributed by atoms with Crippen LogP contribution < -0.4 is 5.56 Å². The number of rotatable bonds is 2. The van der Waals surface area contributed by atoms with E-state index in [1.807, 2.05) is 24.3 Å². The monoisotopic (exact) mass is 234 g/mol. The number of aromatic nitrogens is 2. The Morgan fingerprint density at radius 1 is 1.31 bits per heavy atom. The molecule has 0 saturated carbocycles. The van der Waals surface area contributed by atoms with Gasteiger partial charge in [0.05, 0.1) is 12.9 Å². The first kappa shape index (κ1) is 10.9. The highest BCUT2D eigenvalue weighted by molar-refractivity contribution is 6.30. The first-order valence-electron chi connectivity index (χ1n) is 4.92. The summed E-state index contributed by atoms with van der Waals surface area (Å²) in [4.78, 5) is 15.7. The third kappa shape index (κ3) is 2.31. The predicted octanol–water partition coefficient (Wildman–Crippen LogP) is 2.25. The van der Waals surface area contributed by atoms with E-state index in [4.69, 9.17) is 11.6 Å². The molecule has 0 bridgehead atoms. The molecule has 1 heterocycles. The maximum Gasteiger partial charge on any atom is 0.256 e. The summed E-state index contributed by atoms with van der Waals surface area (Å²) in [6.45, 7) is 2.28. The number of hydrogen-bond donors (Lipinski definition) is 0. The molecule has 0 N–H and O–H groups in total. The van der Waals surface area contributed by atoms with Crippen LogP contribution in [0.4, 0.5) is 0 Å². The Bertz CT molecular complexity index is 546. The number of nitrogens with zero attached hydrogens (tertiary/aromatic N) is 2. The molecule has 0 aliphatic heterocycles. The third-order valence-electron chi connectivity index (χ3n) is 2.34. The Labute approximate surface area is 98.3 Å². The highest BCUT2D eigenvalue weighted by Gasteiger charge is 2.00. The maximum atomic E-state index is 11.7. The standard InChI is InChI=1S/C12H11ClN2O/c1-9-6-14-8-15(12(9)16)7-10-2-4-11(13)5-3-10/h2-6,8H,7H2,1H3. The fourth-order valence-corrected chi connectivity index (χ4v) is 1.58. The molecular weight excluding hydrogens is 224 g/mol. The van der Waals surface area contributed by atoms with Crippen molar-refractivity contribution >= 4 is 11.6 Å². The van der Waals surface area contributed by atoms with Crippen LogP contribution in [-0.2, 0) is 6.54 Å². The molecule has 0 spiro atoms.